The number of nitrogens with one attached hydrogen (secondary N) is 1. The molecule has 1 aromatic carbocycles. The van der Waals surface area contributed by atoms with Gasteiger partial charge in [-0.3, -0.25) is 0 Å². The first-order valence-corrected chi connectivity index (χ1v) is 8.86. The first kappa shape index (κ1) is 16.5. The van der Waals surface area contributed by atoms with Crippen LogP contribution in [0.1, 0.15) is 64.0 Å². The smallest absolute Gasteiger partial charge is 0.0322 e. The summed E-state index contributed by atoms with van der Waals surface area (Å²) in [5, 5.41) is 3.95. The van der Waals surface area contributed by atoms with E-state index in [4.69, 9.17) is 0 Å². The zero-order chi connectivity index (χ0) is 14.9. The SMILES string of the molecule is CCCC(NC1CCCN(CCC)CC1)c1ccccc1. The molecule has 0 amide bonds. The lowest BCUT2D eigenvalue weighted by atomic mass is 9.99. The van der Waals surface area contributed by atoms with Gasteiger partial charge in [0, 0.05) is 12.1 Å². The monoisotopic (exact) mass is 288 g/mol. The van der Waals surface area contributed by atoms with Crippen molar-refractivity contribution >= 4 is 0 Å². The van der Waals surface area contributed by atoms with Gasteiger partial charge in [0.25, 0.3) is 0 Å². The van der Waals surface area contributed by atoms with E-state index >= 15 is 0 Å². The Morgan fingerprint density at radius 3 is 2.62 bits per heavy atom. The first-order chi connectivity index (χ1) is 10.3. The standard InChI is InChI=1S/C19H32N2/c1-3-9-19(17-10-6-5-7-11-17)20-18-12-8-15-21(14-4-2)16-13-18/h5-7,10-11,18-20H,3-4,8-9,12-16H2,1-2H3. The van der Waals surface area contributed by atoms with Crippen LogP contribution in [-0.2, 0) is 0 Å². The maximum Gasteiger partial charge on any atom is 0.0322 e. The predicted octanol–water partition coefficient (Wildman–Crippen LogP) is 4.38. The maximum atomic E-state index is 3.95. The fraction of sp³-hybridized carbons (Fsp3) is 0.684. The van der Waals surface area contributed by atoms with E-state index in [1.54, 1.807) is 0 Å². The summed E-state index contributed by atoms with van der Waals surface area (Å²) in [4.78, 5) is 2.64. The molecule has 1 aliphatic heterocycles. The van der Waals surface area contributed by atoms with Crippen molar-refractivity contribution in [2.24, 2.45) is 0 Å². The van der Waals surface area contributed by atoms with E-state index in [2.05, 4.69) is 54.4 Å². The van der Waals surface area contributed by atoms with Gasteiger partial charge in [0.05, 0.1) is 0 Å². The van der Waals surface area contributed by atoms with E-state index in [1.807, 2.05) is 0 Å². The molecule has 0 aliphatic carbocycles. The fourth-order valence-corrected chi connectivity index (χ4v) is 3.47. The zero-order valence-electron chi connectivity index (χ0n) is 13.9. The van der Waals surface area contributed by atoms with Crippen molar-refractivity contribution in [3.05, 3.63) is 35.9 Å². The van der Waals surface area contributed by atoms with E-state index in [9.17, 15) is 0 Å². The molecule has 118 valence electrons. The second-order valence-electron chi connectivity index (χ2n) is 6.39. The van der Waals surface area contributed by atoms with Gasteiger partial charge < -0.3 is 10.2 Å². The van der Waals surface area contributed by atoms with Gasteiger partial charge in [0.15, 0.2) is 0 Å². The Bertz CT molecular complexity index is 376. The normalized spacial score (nSPS) is 21.9. The van der Waals surface area contributed by atoms with Crippen LogP contribution < -0.4 is 5.32 Å². The van der Waals surface area contributed by atoms with Gasteiger partial charge in [-0.1, -0.05) is 50.6 Å². The van der Waals surface area contributed by atoms with E-state index in [-0.39, 0.29) is 0 Å². The van der Waals surface area contributed by atoms with Gasteiger partial charge in [-0.2, -0.15) is 0 Å². The van der Waals surface area contributed by atoms with Gasteiger partial charge in [-0.05, 0) is 57.3 Å². The Morgan fingerprint density at radius 2 is 1.90 bits per heavy atom. The third-order valence-electron chi connectivity index (χ3n) is 4.58. The summed E-state index contributed by atoms with van der Waals surface area (Å²) in [6.07, 6.45) is 7.71. The highest BCUT2D eigenvalue weighted by atomic mass is 15.1. The molecule has 2 nitrogen and oxygen atoms in total. The summed E-state index contributed by atoms with van der Waals surface area (Å²) >= 11 is 0. The molecule has 1 aliphatic rings. The Kier molecular flexibility index (Phi) is 7.25. The van der Waals surface area contributed by atoms with Crippen molar-refractivity contribution in [1.29, 1.82) is 0 Å². The van der Waals surface area contributed by atoms with Crippen LogP contribution in [0, 0.1) is 0 Å². The minimum atomic E-state index is 0.527. The molecular formula is C19H32N2. The summed E-state index contributed by atoms with van der Waals surface area (Å²) in [5.74, 6) is 0. The number of hydrogen-bond acceptors (Lipinski definition) is 2. The van der Waals surface area contributed by atoms with Crippen molar-refractivity contribution in [3.8, 4) is 0 Å². The van der Waals surface area contributed by atoms with Crippen LogP contribution in [0.5, 0.6) is 0 Å². The van der Waals surface area contributed by atoms with Crippen LogP contribution in [0.2, 0.25) is 0 Å². The third-order valence-corrected chi connectivity index (χ3v) is 4.58. The van der Waals surface area contributed by atoms with Gasteiger partial charge in [-0.25, -0.2) is 0 Å². The van der Waals surface area contributed by atoms with E-state index < -0.39 is 0 Å². The molecule has 0 aromatic heterocycles. The quantitative estimate of drug-likeness (QED) is 0.801. The highest BCUT2D eigenvalue weighted by Gasteiger charge is 2.20. The van der Waals surface area contributed by atoms with E-state index in [0.29, 0.717) is 12.1 Å². The molecule has 1 N–H and O–H groups in total. The van der Waals surface area contributed by atoms with E-state index in [0.717, 1.165) is 0 Å². The van der Waals surface area contributed by atoms with Crippen molar-refractivity contribution in [1.82, 2.24) is 10.2 Å². The van der Waals surface area contributed by atoms with Crippen molar-refractivity contribution in [2.45, 2.75) is 64.5 Å². The van der Waals surface area contributed by atoms with Crippen LogP contribution in [0.4, 0.5) is 0 Å². The van der Waals surface area contributed by atoms with E-state index in [1.165, 1.54) is 63.7 Å². The Labute approximate surface area is 130 Å². The largest absolute Gasteiger partial charge is 0.307 e. The third kappa shape index (κ3) is 5.44. The molecule has 2 atom stereocenters. The lowest BCUT2D eigenvalue weighted by Gasteiger charge is -2.25. The molecule has 0 saturated carbocycles. The topological polar surface area (TPSA) is 15.3 Å². The van der Waals surface area contributed by atoms with Crippen LogP contribution in [0.25, 0.3) is 0 Å². The van der Waals surface area contributed by atoms with Gasteiger partial charge >= 0.3 is 0 Å². The molecule has 0 radical (unpaired) electrons. The first-order valence-electron chi connectivity index (χ1n) is 8.86. The molecule has 1 saturated heterocycles. The van der Waals surface area contributed by atoms with Crippen molar-refractivity contribution in [3.63, 3.8) is 0 Å². The van der Waals surface area contributed by atoms with Gasteiger partial charge in [0.2, 0.25) is 0 Å². The molecule has 2 heteroatoms. The molecule has 0 spiro atoms. The number of hydrogen-bond donors (Lipinski definition) is 1. The average molecular weight is 288 g/mol. The fourth-order valence-electron chi connectivity index (χ4n) is 3.47. The molecule has 2 unspecified atom stereocenters. The lowest BCUT2D eigenvalue weighted by Crippen LogP contribution is -2.34. The zero-order valence-corrected chi connectivity index (χ0v) is 13.9. The van der Waals surface area contributed by atoms with Crippen LogP contribution in [-0.4, -0.2) is 30.6 Å². The average Bonchev–Trinajstić information content (AvgIpc) is 2.74. The summed E-state index contributed by atoms with van der Waals surface area (Å²) in [7, 11) is 0. The van der Waals surface area contributed by atoms with Crippen LogP contribution >= 0.6 is 0 Å². The second kappa shape index (κ2) is 9.22. The van der Waals surface area contributed by atoms with Crippen LogP contribution in [0.3, 0.4) is 0 Å². The summed E-state index contributed by atoms with van der Waals surface area (Å²) in [5.41, 5.74) is 1.45. The summed E-state index contributed by atoms with van der Waals surface area (Å²) in [6.45, 7) is 8.39. The molecule has 1 aromatic rings. The highest BCUT2D eigenvalue weighted by molar-refractivity contribution is 5.19. The molecule has 0 bridgehead atoms. The minimum absolute atomic E-state index is 0.527. The summed E-state index contributed by atoms with van der Waals surface area (Å²) < 4.78 is 0. The van der Waals surface area contributed by atoms with Gasteiger partial charge in [-0.15, -0.1) is 0 Å². The number of rotatable bonds is 7. The summed E-state index contributed by atoms with van der Waals surface area (Å²) in [6, 6.07) is 12.2. The molecule has 1 heterocycles. The number of nitrogens with zero attached hydrogens (tertiary/aromatic N) is 1. The molecule has 1 fully saturated rings. The van der Waals surface area contributed by atoms with Crippen molar-refractivity contribution in [2.75, 3.05) is 19.6 Å². The highest BCUT2D eigenvalue weighted by Crippen LogP contribution is 2.21. The number of likely N-dealkylation sites (tertiary alicyclic amines) is 1. The predicted molar refractivity (Wildman–Crippen MR) is 91.6 cm³/mol. The van der Waals surface area contributed by atoms with Crippen LogP contribution in [0.15, 0.2) is 30.3 Å². The maximum absolute atomic E-state index is 3.95. The van der Waals surface area contributed by atoms with Crippen molar-refractivity contribution < 1.29 is 0 Å². The Balaban J connectivity index is 1.91. The minimum Gasteiger partial charge on any atom is -0.307 e. The Morgan fingerprint density at radius 1 is 1.10 bits per heavy atom. The van der Waals surface area contributed by atoms with Gasteiger partial charge in [0.1, 0.15) is 0 Å². The lowest BCUT2D eigenvalue weighted by molar-refractivity contribution is 0.280. The second-order valence-corrected chi connectivity index (χ2v) is 6.39. The molecular weight excluding hydrogens is 256 g/mol. The molecule has 21 heavy (non-hydrogen) atoms. The number of benzene rings is 1. The molecule has 2 rings (SSSR count). The Hall–Kier alpha value is -0.860.